The standard InChI is InChI=1S/C19H25NO2/c1-2-22-19(21)15-20-18(17-11-7-4-8-12-17)14-13-16-9-5-3-6-10-16/h3,5-6,9-10,17-18,20H,2,4,7-8,11-12,15H2,1H3. The lowest BCUT2D eigenvalue weighted by molar-refractivity contribution is -0.142. The molecule has 1 saturated carbocycles. The lowest BCUT2D eigenvalue weighted by Crippen LogP contribution is -2.39. The number of hydrogen-bond donors (Lipinski definition) is 1. The minimum absolute atomic E-state index is 0.0601. The van der Waals surface area contributed by atoms with Crippen molar-refractivity contribution < 1.29 is 9.53 Å². The quantitative estimate of drug-likeness (QED) is 0.670. The van der Waals surface area contributed by atoms with Gasteiger partial charge in [0.2, 0.25) is 0 Å². The van der Waals surface area contributed by atoms with Crippen LogP contribution in [0.3, 0.4) is 0 Å². The van der Waals surface area contributed by atoms with Crippen LogP contribution in [-0.2, 0) is 9.53 Å². The van der Waals surface area contributed by atoms with E-state index in [1.165, 1.54) is 32.1 Å². The Balaban J connectivity index is 2.01. The number of hydrogen-bond acceptors (Lipinski definition) is 3. The zero-order valence-corrected chi connectivity index (χ0v) is 13.3. The Bertz CT molecular complexity index is 509. The first-order valence-corrected chi connectivity index (χ1v) is 8.25. The monoisotopic (exact) mass is 299 g/mol. The van der Waals surface area contributed by atoms with Gasteiger partial charge in [0.1, 0.15) is 0 Å². The molecule has 1 atom stereocenters. The average Bonchev–Trinajstić information content (AvgIpc) is 2.57. The van der Waals surface area contributed by atoms with E-state index in [4.69, 9.17) is 4.74 Å². The number of benzene rings is 1. The van der Waals surface area contributed by atoms with Gasteiger partial charge in [-0.25, -0.2) is 0 Å². The Kier molecular flexibility index (Phi) is 6.99. The fourth-order valence-corrected chi connectivity index (χ4v) is 2.89. The van der Waals surface area contributed by atoms with Crippen LogP contribution >= 0.6 is 0 Å². The molecule has 22 heavy (non-hydrogen) atoms. The summed E-state index contributed by atoms with van der Waals surface area (Å²) in [5, 5.41) is 3.30. The van der Waals surface area contributed by atoms with Gasteiger partial charge in [0.05, 0.1) is 19.2 Å². The molecule has 0 saturated heterocycles. The van der Waals surface area contributed by atoms with E-state index in [2.05, 4.69) is 17.2 Å². The van der Waals surface area contributed by atoms with Crippen molar-refractivity contribution in [3.63, 3.8) is 0 Å². The van der Waals surface area contributed by atoms with Gasteiger partial charge >= 0.3 is 5.97 Å². The van der Waals surface area contributed by atoms with Crippen molar-refractivity contribution in [3.8, 4) is 11.8 Å². The SMILES string of the molecule is CCOC(=O)CNC(C#Cc1ccccc1)C1CCCCC1. The molecule has 3 heteroatoms. The molecule has 118 valence electrons. The summed E-state index contributed by atoms with van der Waals surface area (Å²) in [5.74, 6) is 6.89. The summed E-state index contributed by atoms with van der Waals surface area (Å²) < 4.78 is 4.99. The normalized spacial score (nSPS) is 16.4. The molecule has 0 bridgehead atoms. The Morgan fingerprint density at radius 1 is 1.27 bits per heavy atom. The first kappa shape index (κ1) is 16.6. The molecule has 1 aromatic carbocycles. The average molecular weight is 299 g/mol. The molecule has 1 fully saturated rings. The Hall–Kier alpha value is -1.79. The predicted octanol–water partition coefficient (Wildman–Crippen LogP) is 3.14. The lowest BCUT2D eigenvalue weighted by atomic mass is 9.84. The van der Waals surface area contributed by atoms with Crippen LogP contribution < -0.4 is 5.32 Å². The Morgan fingerprint density at radius 2 is 2.00 bits per heavy atom. The van der Waals surface area contributed by atoms with E-state index in [1.54, 1.807) is 0 Å². The van der Waals surface area contributed by atoms with Crippen molar-refractivity contribution in [2.75, 3.05) is 13.2 Å². The van der Waals surface area contributed by atoms with Crippen molar-refractivity contribution in [2.45, 2.75) is 45.1 Å². The second-order valence-corrected chi connectivity index (χ2v) is 5.70. The molecule has 1 aliphatic carbocycles. The van der Waals surface area contributed by atoms with Crippen LogP contribution in [0.1, 0.15) is 44.6 Å². The number of carbonyl (C=O) groups excluding carboxylic acids is 1. The highest BCUT2D eigenvalue weighted by molar-refractivity contribution is 5.71. The van der Waals surface area contributed by atoms with Crippen molar-refractivity contribution >= 4 is 5.97 Å². The van der Waals surface area contributed by atoms with Crippen molar-refractivity contribution in [1.29, 1.82) is 0 Å². The Morgan fingerprint density at radius 3 is 2.68 bits per heavy atom. The van der Waals surface area contributed by atoms with Gasteiger partial charge in [-0.05, 0) is 37.8 Å². The topological polar surface area (TPSA) is 38.3 Å². The molecule has 1 unspecified atom stereocenters. The molecule has 1 aliphatic rings. The minimum atomic E-state index is -0.204. The summed E-state index contributed by atoms with van der Waals surface area (Å²) in [4.78, 5) is 11.6. The maximum absolute atomic E-state index is 11.6. The largest absolute Gasteiger partial charge is 0.465 e. The van der Waals surface area contributed by atoms with Gasteiger partial charge in [-0.3, -0.25) is 10.1 Å². The van der Waals surface area contributed by atoms with Crippen LogP contribution in [0.2, 0.25) is 0 Å². The van der Waals surface area contributed by atoms with E-state index < -0.39 is 0 Å². The number of ether oxygens (including phenoxy) is 1. The van der Waals surface area contributed by atoms with E-state index in [9.17, 15) is 4.79 Å². The molecule has 1 aromatic rings. The summed E-state index contributed by atoms with van der Waals surface area (Å²) in [6, 6.07) is 10.1. The predicted molar refractivity (Wildman–Crippen MR) is 88.3 cm³/mol. The zero-order chi connectivity index (χ0) is 15.6. The number of rotatable bonds is 5. The van der Waals surface area contributed by atoms with Gasteiger partial charge in [0.15, 0.2) is 0 Å². The molecular weight excluding hydrogens is 274 g/mol. The Labute approximate surface area is 133 Å². The minimum Gasteiger partial charge on any atom is -0.465 e. The molecule has 2 rings (SSSR count). The molecule has 0 radical (unpaired) electrons. The number of esters is 1. The molecule has 0 aromatic heterocycles. The second-order valence-electron chi connectivity index (χ2n) is 5.70. The van der Waals surface area contributed by atoms with Crippen molar-refractivity contribution in [3.05, 3.63) is 35.9 Å². The maximum atomic E-state index is 11.6. The summed E-state index contributed by atoms with van der Waals surface area (Å²) in [6.07, 6.45) is 6.20. The van der Waals surface area contributed by atoms with Crippen LogP contribution in [-0.4, -0.2) is 25.2 Å². The van der Waals surface area contributed by atoms with Crippen molar-refractivity contribution in [1.82, 2.24) is 5.32 Å². The van der Waals surface area contributed by atoms with Crippen LogP contribution in [0.25, 0.3) is 0 Å². The fourth-order valence-electron chi connectivity index (χ4n) is 2.89. The molecule has 3 nitrogen and oxygen atoms in total. The third kappa shape index (κ3) is 5.54. The molecule has 1 N–H and O–H groups in total. The van der Waals surface area contributed by atoms with Crippen LogP contribution in [0.15, 0.2) is 30.3 Å². The number of carbonyl (C=O) groups is 1. The highest BCUT2D eigenvalue weighted by atomic mass is 16.5. The number of nitrogens with one attached hydrogen (secondary N) is 1. The maximum Gasteiger partial charge on any atom is 0.319 e. The fraction of sp³-hybridized carbons (Fsp3) is 0.526. The van der Waals surface area contributed by atoms with Gasteiger partial charge in [0.25, 0.3) is 0 Å². The highest BCUT2D eigenvalue weighted by Crippen LogP contribution is 2.26. The molecule has 0 aliphatic heterocycles. The lowest BCUT2D eigenvalue weighted by Gasteiger charge is -2.27. The van der Waals surface area contributed by atoms with Crippen LogP contribution in [0.4, 0.5) is 0 Å². The summed E-state index contributed by atoms with van der Waals surface area (Å²) in [7, 11) is 0. The third-order valence-electron chi connectivity index (χ3n) is 4.04. The summed E-state index contributed by atoms with van der Waals surface area (Å²) in [6.45, 7) is 2.48. The van der Waals surface area contributed by atoms with E-state index in [1.807, 2.05) is 37.3 Å². The van der Waals surface area contributed by atoms with E-state index >= 15 is 0 Å². The molecule has 0 heterocycles. The van der Waals surface area contributed by atoms with Crippen LogP contribution in [0.5, 0.6) is 0 Å². The van der Waals surface area contributed by atoms with Gasteiger partial charge in [-0.2, -0.15) is 0 Å². The van der Waals surface area contributed by atoms with E-state index in [0.29, 0.717) is 12.5 Å². The first-order valence-electron chi connectivity index (χ1n) is 8.25. The van der Waals surface area contributed by atoms with Gasteiger partial charge < -0.3 is 4.74 Å². The van der Waals surface area contributed by atoms with E-state index in [-0.39, 0.29) is 18.6 Å². The van der Waals surface area contributed by atoms with Crippen molar-refractivity contribution in [2.24, 2.45) is 5.92 Å². The first-order chi connectivity index (χ1) is 10.8. The summed E-state index contributed by atoms with van der Waals surface area (Å²) >= 11 is 0. The third-order valence-corrected chi connectivity index (χ3v) is 4.04. The molecular formula is C19H25NO2. The van der Waals surface area contributed by atoms with Crippen LogP contribution in [0, 0.1) is 17.8 Å². The van der Waals surface area contributed by atoms with Gasteiger partial charge in [-0.15, -0.1) is 0 Å². The molecule has 0 amide bonds. The zero-order valence-electron chi connectivity index (χ0n) is 13.3. The summed E-state index contributed by atoms with van der Waals surface area (Å²) in [5.41, 5.74) is 1.02. The highest BCUT2D eigenvalue weighted by Gasteiger charge is 2.22. The van der Waals surface area contributed by atoms with Gasteiger partial charge in [-0.1, -0.05) is 49.3 Å². The second kappa shape index (κ2) is 9.27. The molecule has 0 spiro atoms. The smallest absolute Gasteiger partial charge is 0.319 e. The van der Waals surface area contributed by atoms with Gasteiger partial charge in [0, 0.05) is 5.56 Å². The van der Waals surface area contributed by atoms with E-state index in [0.717, 1.165) is 5.56 Å².